The number of amides is 2. The van der Waals surface area contributed by atoms with Crippen LogP contribution in [0.25, 0.3) is 5.69 Å². The molecule has 2 amide bonds. The number of benzene rings is 1. The van der Waals surface area contributed by atoms with Crippen LogP contribution in [0.15, 0.2) is 30.3 Å². The zero-order valence-corrected chi connectivity index (χ0v) is 17.9. The van der Waals surface area contributed by atoms with E-state index in [1.54, 1.807) is 6.92 Å². The molecule has 1 aliphatic rings. The zero-order valence-electron chi connectivity index (χ0n) is 16.3. The van der Waals surface area contributed by atoms with Crippen molar-refractivity contribution in [3.05, 3.63) is 67.9 Å². The van der Waals surface area contributed by atoms with Crippen molar-refractivity contribution in [3.63, 3.8) is 0 Å². The van der Waals surface area contributed by atoms with Gasteiger partial charge >= 0.3 is 0 Å². The Hall–Kier alpha value is -2.71. The number of aromatic nitrogens is 2. The van der Waals surface area contributed by atoms with Crippen LogP contribution in [0.5, 0.6) is 0 Å². The van der Waals surface area contributed by atoms with E-state index in [-0.39, 0.29) is 22.4 Å². The van der Waals surface area contributed by atoms with Gasteiger partial charge < -0.3 is 0 Å². The normalized spacial score (nSPS) is 13.4. The maximum absolute atomic E-state index is 13.2. The van der Waals surface area contributed by atoms with Crippen molar-refractivity contribution < 1.29 is 14.0 Å². The molecule has 2 aromatic heterocycles. The fraction of sp³-hybridized carbons (Fsp3) is 0.286. The van der Waals surface area contributed by atoms with E-state index in [4.69, 9.17) is 11.6 Å². The van der Waals surface area contributed by atoms with Crippen molar-refractivity contribution in [3.8, 4) is 5.69 Å². The van der Waals surface area contributed by atoms with Gasteiger partial charge in [-0.05, 0) is 68.5 Å². The van der Waals surface area contributed by atoms with Gasteiger partial charge in [-0.3, -0.25) is 20.4 Å². The minimum absolute atomic E-state index is 0.0775. The smallest absolute Gasteiger partial charge is 0.267 e. The number of carbonyl (C=O) groups is 2. The lowest BCUT2D eigenvalue weighted by molar-refractivity contribution is 0.0848. The molecule has 0 radical (unpaired) electrons. The number of hydrazine groups is 1. The first kappa shape index (κ1) is 20.6. The van der Waals surface area contributed by atoms with Crippen LogP contribution in [0.3, 0.4) is 0 Å². The highest BCUT2D eigenvalue weighted by molar-refractivity contribution is 7.14. The molecule has 0 spiro atoms. The van der Waals surface area contributed by atoms with Crippen LogP contribution in [0, 0.1) is 12.7 Å². The van der Waals surface area contributed by atoms with Gasteiger partial charge in [0.2, 0.25) is 0 Å². The van der Waals surface area contributed by atoms with Crippen LogP contribution in [-0.4, -0.2) is 21.6 Å². The number of nitrogens with one attached hydrogen (secondary N) is 2. The number of rotatable bonds is 3. The van der Waals surface area contributed by atoms with Crippen molar-refractivity contribution in [1.29, 1.82) is 0 Å². The quantitative estimate of drug-likeness (QED) is 0.463. The van der Waals surface area contributed by atoms with Crippen molar-refractivity contribution in [1.82, 2.24) is 20.6 Å². The summed E-state index contributed by atoms with van der Waals surface area (Å²) < 4.78 is 14.5. The number of halogens is 2. The molecule has 6 nitrogen and oxygen atoms in total. The molecule has 1 aliphatic carbocycles. The van der Waals surface area contributed by atoms with Crippen molar-refractivity contribution >= 4 is 34.8 Å². The number of hydrogen-bond donors (Lipinski definition) is 2. The third kappa shape index (κ3) is 4.11. The van der Waals surface area contributed by atoms with Gasteiger partial charge in [0, 0.05) is 4.88 Å². The predicted molar refractivity (Wildman–Crippen MR) is 114 cm³/mol. The van der Waals surface area contributed by atoms with Crippen LogP contribution in [0.2, 0.25) is 5.15 Å². The maximum Gasteiger partial charge on any atom is 0.279 e. The number of thiophene rings is 1. The maximum atomic E-state index is 13.2. The molecule has 0 bridgehead atoms. The van der Waals surface area contributed by atoms with Crippen LogP contribution in [0.1, 0.15) is 55.4 Å². The molecule has 9 heteroatoms. The molecule has 1 aromatic carbocycles. The Kier molecular flexibility index (Phi) is 5.87. The molecule has 0 saturated heterocycles. The average molecular weight is 447 g/mol. The highest BCUT2D eigenvalue weighted by atomic mass is 35.5. The highest BCUT2D eigenvalue weighted by Gasteiger charge is 2.22. The number of fused-ring (bicyclic) bond motifs is 1. The van der Waals surface area contributed by atoms with E-state index in [1.165, 1.54) is 57.1 Å². The van der Waals surface area contributed by atoms with Gasteiger partial charge in [0.25, 0.3) is 11.8 Å². The summed E-state index contributed by atoms with van der Waals surface area (Å²) in [4.78, 5) is 27.0. The molecule has 0 atom stereocenters. The fourth-order valence-corrected chi connectivity index (χ4v) is 5.03. The Balaban J connectivity index is 1.47. The van der Waals surface area contributed by atoms with Crippen molar-refractivity contribution in [2.75, 3.05) is 0 Å². The Morgan fingerprint density at radius 2 is 1.80 bits per heavy atom. The molecular formula is C21H20ClFN4O2S. The number of hydrogen-bond acceptors (Lipinski definition) is 4. The van der Waals surface area contributed by atoms with Gasteiger partial charge in [-0.2, -0.15) is 5.10 Å². The van der Waals surface area contributed by atoms with Gasteiger partial charge in [-0.15, -0.1) is 11.3 Å². The lowest BCUT2D eigenvalue weighted by Gasteiger charge is -2.07. The molecule has 2 heterocycles. The molecule has 0 saturated carbocycles. The van der Waals surface area contributed by atoms with E-state index in [2.05, 4.69) is 16.0 Å². The summed E-state index contributed by atoms with van der Waals surface area (Å²) in [6.45, 7) is 1.64. The lowest BCUT2D eigenvalue weighted by atomic mass is 10.1. The molecule has 0 unspecified atom stereocenters. The van der Waals surface area contributed by atoms with Gasteiger partial charge in [0.15, 0.2) is 0 Å². The molecule has 4 rings (SSSR count). The van der Waals surface area contributed by atoms with Crippen LogP contribution >= 0.6 is 22.9 Å². The minimum Gasteiger partial charge on any atom is -0.267 e. The summed E-state index contributed by atoms with van der Waals surface area (Å²) in [6, 6.07) is 7.50. The number of carbonyl (C=O) groups excluding carboxylic acids is 2. The van der Waals surface area contributed by atoms with E-state index in [1.807, 2.05) is 6.07 Å². The number of aryl methyl sites for hydroxylation is 3. The standard InChI is InChI=1S/C21H20ClFN4O2S/c1-12-18(19(22)27(26-12)15-9-7-14(23)8-10-15)21(29)25-24-20(28)17-11-13-5-3-2-4-6-16(13)30-17/h7-11H,2-6H2,1H3,(H,24,28)(H,25,29). The highest BCUT2D eigenvalue weighted by Crippen LogP contribution is 2.29. The fourth-order valence-electron chi connectivity index (χ4n) is 3.53. The molecule has 3 aromatic rings. The summed E-state index contributed by atoms with van der Waals surface area (Å²) in [5.41, 5.74) is 7.16. The second-order valence-electron chi connectivity index (χ2n) is 7.17. The molecule has 0 aliphatic heterocycles. The van der Waals surface area contributed by atoms with Crippen molar-refractivity contribution in [2.24, 2.45) is 0 Å². The average Bonchev–Trinajstić information content (AvgIpc) is 3.18. The first-order valence-corrected chi connectivity index (χ1v) is 10.9. The van der Waals surface area contributed by atoms with Crippen molar-refractivity contribution in [2.45, 2.75) is 39.0 Å². The summed E-state index contributed by atoms with van der Waals surface area (Å²) in [7, 11) is 0. The summed E-state index contributed by atoms with van der Waals surface area (Å²) in [6.07, 6.45) is 5.48. The van der Waals surface area contributed by atoms with E-state index in [0.29, 0.717) is 16.3 Å². The summed E-state index contributed by atoms with van der Waals surface area (Å²) in [5.74, 6) is -1.32. The second kappa shape index (κ2) is 8.57. The van der Waals surface area contributed by atoms with Gasteiger partial charge in [-0.25, -0.2) is 9.07 Å². The molecule has 156 valence electrons. The second-order valence-corrected chi connectivity index (χ2v) is 8.66. The zero-order chi connectivity index (χ0) is 21.3. The van der Waals surface area contributed by atoms with E-state index >= 15 is 0 Å². The van der Waals surface area contributed by atoms with E-state index in [9.17, 15) is 14.0 Å². The van der Waals surface area contributed by atoms with E-state index < -0.39 is 5.91 Å². The summed E-state index contributed by atoms with van der Waals surface area (Å²) >= 11 is 7.83. The van der Waals surface area contributed by atoms with Gasteiger partial charge in [0.05, 0.1) is 16.3 Å². The first-order chi connectivity index (χ1) is 14.4. The molecule has 2 N–H and O–H groups in total. The Morgan fingerprint density at radius 3 is 2.57 bits per heavy atom. The van der Waals surface area contributed by atoms with Crippen LogP contribution < -0.4 is 10.9 Å². The minimum atomic E-state index is -0.572. The lowest BCUT2D eigenvalue weighted by Crippen LogP contribution is -2.41. The van der Waals surface area contributed by atoms with Gasteiger partial charge in [-0.1, -0.05) is 18.0 Å². The van der Waals surface area contributed by atoms with Gasteiger partial charge in [0.1, 0.15) is 16.5 Å². The topological polar surface area (TPSA) is 76.0 Å². The van der Waals surface area contributed by atoms with Crippen LogP contribution in [0.4, 0.5) is 4.39 Å². The SMILES string of the molecule is Cc1nn(-c2ccc(F)cc2)c(Cl)c1C(=O)NNC(=O)c1cc2c(s1)CCCCC2. The Labute approximate surface area is 182 Å². The summed E-state index contributed by atoms with van der Waals surface area (Å²) in [5, 5.41) is 4.34. The largest absolute Gasteiger partial charge is 0.279 e. The van der Waals surface area contributed by atoms with Crippen LogP contribution in [-0.2, 0) is 12.8 Å². The third-order valence-corrected chi connectivity index (χ3v) is 6.65. The Morgan fingerprint density at radius 1 is 1.10 bits per heavy atom. The number of nitrogens with zero attached hydrogens (tertiary/aromatic N) is 2. The Bertz CT molecular complexity index is 1080. The third-order valence-electron chi connectivity index (χ3n) is 5.06. The molecule has 0 fully saturated rings. The van der Waals surface area contributed by atoms with E-state index in [0.717, 1.165) is 25.7 Å². The molecular weight excluding hydrogens is 427 g/mol. The monoisotopic (exact) mass is 446 g/mol. The molecule has 30 heavy (non-hydrogen) atoms. The predicted octanol–water partition coefficient (Wildman–Crippen LogP) is 4.38. The first-order valence-electron chi connectivity index (χ1n) is 9.67.